The Balaban J connectivity index is 1.90. The third kappa shape index (κ3) is 0.824. The van der Waals surface area contributed by atoms with Gasteiger partial charge in [0.2, 0.25) is 0 Å². The van der Waals surface area contributed by atoms with E-state index in [0.29, 0.717) is 11.8 Å². The molecule has 0 amide bonds. The van der Waals surface area contributed by atoms with Crippen LogP contribution in [-0.2, 0) is 15.1 Å². The normalized spacial score (nSPS) is 41.6. The molecule has 3 unspecified atom stereocenters. The first-order valence-electron chi connectivity index (χ1n) is 5.71. The largest absolute Gasteiger partial charge is 0.481 e. The molecule has 1 aromatic carbocycles. The van der Waals surface area contributed by atoms with E-state index >= 15 is 0 Å². The fraction of sp³-hybridized carbons (Fsp3) is 0.462. The topological polar surface area (TPSA) is 46.5 Å². The number of fused-ring (bicyclic) bond motifs is 8. The van der Waals surface area contributed by atoms with E-state index < -0.39 is 11.6 Å². The highest BCUT2D eigenvalue weighted by molar-refractivity contribution is 5.70. The van der Waals surface area contributed by atoms with E-state index in [4.69, 9.17) is 9.84 Å². The molecule has 1 saturated carbocycles. The van der Waals surface area contributed by atoms with Crippen molar-refractivity contribution in [2.75, 3.05) is 0 Å². The summed E-state index contributed by atoms with van der Waals surface area (Å²) in [5, 5.41) is 9.07. The molecule has 0 spiro atoms. The van der Waals surface area contributed by atoms with Crippen LogP contribution in [0, 0.1) is 11.8 Å². The van der Waals surface area contributed by atoms with Crippen LogP contribution in [-0.4, -0.2) is 11.1 Å². The quantitative estimate of drug-likeness (QED) is 0.823. The molecule has 4 atom stereocenters. The second kappa shape index (κ2) is 2.48. The van der Waals surface area contributed by atoms with Gasteiger partial charge in [-0.2, -0.15) is 0 Å². The van der Waals surface area contributed by atoms with Crippen LogP contribution >= 0.6 is 0 Å². The van der Waals surface area contributed by atoms with Gasteiger partial charge in [-0.1, -0.05) is 24.3 Å². The lowest BCUT2D eigenvalue weighted by molar-refractivity contribution is -0.146. The van der Waals surface area contributed by atoms with Gasteiger partial charge < -0.3 is 9.84 Å². The molecule has 1 aromatic rings. The SMILES string of the molecule is O=C(O)CC12O[C@H](c3ccccc31)C1CC12. The van der Waals surface area contributed by atoms with Crippen LogP contribution in [0.1, 0.15) is 30.1 Å². The standard InChI is InChI=1S/C13H12O3/c14-11(15)6-13-9-4-2-1-3-7(9)12(16-13)8-5-10(8)13/h1-4,8,10,12H,5-6H2,(H,14,15)/t8?,10?,12-,13?/m1/s1. The number of benzene rings is 1. The molecule has 2 heterocycles. The van der Waals surface area contributed by atoms with E-state index in [9.17, 15) is 4.79 Å². The second-order valence-corrected chi connectivity index (χ2v) is 5.09. The zero-order chi connectivity index (χ0) is 10.9. The second-order valence-electron chi connectivity index (χ2n) is 5.09. The molecule has 16 heavy (non-hydrogen) atoms. The van der Waals surface area contributed by atoms with Crippen molar-refractivity contribution in [3.8, 4) is 0 Å². The average Bonchev–Trinajstić information content (AvgIpc) is 2.94. The van der Waals surface area contributed by atoms with Gasteiger partial charge >= 0.3 is 5.97 Å². The maximum atomic E-state index is 11.0. The van der Waals surface area contributed by atoms with Crippen molar-refractivity contribution in [1.29, 1.82) is 0 Å². The third-order valence-electron chi connectivity index (χ3n) is 4.30. The molecular weight excluding hydrogens is 204 g/mol. The smallest absolute Gasteiger partial charge is 0.306 e. The summed E-state index contributed by atoms with van der Waals surface area (Å²) in [6, 6.07) is 8.10. The first-order chi connectivity index (χ1) is 7.72. The molecule has 3 heteroatoms. The molecule has 3 aliphatic rings. The first-order valence-corrected chi connectivity index (χ1v) is 5.71. The maximum Gasteiger partial charge on any atom is 0.306 e. The highest BCUT2D eigenvalue weighted by Crippen LogP contribution is 2.72. The number of aliphatic carboxylic acids is 1. The van der Waals surface area contributed by atoms with Crippen LogP contribution in [0.15, 0.2) is 24.3 Å². The number of carbonyl (C=O) groups is 1. The van der Waals surface area contributed by atoms with Crippen LogP contribution in [0.2, 0.25) is 0 Å². The zero-order valence-electron chi connectivity index (χ0n) is 8.72. The lowest BCUT2D eigenvalue weighted by Crippen LogP contribution is -2.29. The van der Waals surface area contributed by atoms with Crippen molar-refractivity contribution in [3.05, 3.63) is 35.4 Å². The average molecular weight is 216 g/mol. The number of ether oxygens (including phenoxy) is 1. The summed E-state index contributed by atoms with van der Waals surface area (Å²) in [5.41, 5.74) is 1.85. The maximum absolute atomic E-state index is 11.0. The Morgan fingerprint density at radius 3 is 3.12 bits per heavy atom. The minimum Gasteiger partial charge on any atom is -0.481 e. The Kier molecular flexibility index (Phi) is 1.36. The molecule has 2 bridgehead atoms. The molecule has 3 nitrogen and oxygen atoms in total. The van der Waals surface area contributed by atoms with Gasteiger partial charge in [0.25, 0.3) is 0 Å². The summed E-state index contributed by atoms with van der Waals surface area (Å²) in [4.78, 5) is 11.0. The summed E-state index contributed by atoms with van der Waals surface area (Å²) in [6.45, 7) is 0. The van der Waals surface area contributed by atoms with E-state index in [1.807, 2.05) is 18.2 Å². The van der Waals surface area contributed by atoms with E-state index in [-0.39, 0.29) is 12.5 Å². The molecule has 1 saturated heterocycles. The van der Waals surface area contributed by atoms with E-state index in [0.717, 1.165) is 12.0 Å². The summed E-state index contributed by atoms with van der Waals surface area (Å²) in [7, 11) is 0. The van der Waals surface area contributed by atoms with Crippen LogP contribution in [0.5, 0.6) is 0 Å². The molecule has 1 N–H and O–H groups in total. The van der Waals surface area contributed by atoms with Gasteiger partial charge in [0.1, 0.15) is 5.60 Å². The number of hydrogen-bond acceptors (Lipinski definition) is 2. The predicted octanol–water partition coefficient (Wildman–Crippen LogP) is 2.08. The van der Waals surface area contributed by atoms with E-state index in [1.165, 1.54) is 5.56 Å². The van der Waals surface area contributed by atoms with Crippen LogP contribution in [0.3, 0.4) is 0 Å². The fourth-order valence-corrected chi connectivity index (χ4v) is 3.67. The van der Waals surface area contributed by atoms with E-state index in [2.05, 4.69) is 6.07 Å². The highest BCUT2D eigenvalue weighted by atomic mass is 16.5. The zero-order valence-corrected chi connectivity index (χ0v) is 8.72. The number of rotatable bonds is 2. The Bertz CT molecular complexity index is 496. The third-order valence-corrected chi connectivity index (χ3v) is 4.30. The predicted molar refractivity (Wildman–Crippen MR) is 55.8 cm³/mol. The van der Waals surface area contributed by atoms with Crippen LogP contribution < -0.4 is 0 Å². The summed E-state index contributed by atoms with van der Waals surface area (Å²) in [6.07, 6.45) is 1.41. The fourth-order valence-electron chi connectivity index (χ4n) is 3.67. The lowest BCUT2D eigenvalue weighted by Gasteiger charge is -2.26. The Morgan fingerprint density at radius 2 is 2.31 bits per heavy atom. The highest BCUT2D eigenvalue weighted by Gasteiger charge is 2.70. The minimum absolute atomic E-state index is 0.113. The first kappa shape index (κ1) is 8.76. The summed E-state index contributed by atoms with van der Waals surface area (Å²) >= 11 is 0. The van der Waals surface area contributed by atoms with Crippen molar-refractivity contribution in [3.63, 3.8) is 0 Å². The van der Waals surface area contributed by atoms with Gasteiger partial charge in [-0.15, -0.1) is 0 Å². The van der Waals surface area contributed by atoms with Crippen molar-refractivity contribution in [2.24, 2.45) is 11.8 Å². The Morgan fingerprint density at radius 1 is 1.50 bits per heavy atom. The summed E-state index contributed by atoms with van der Waals surface area (Å²) in [5.74, 6) is 0.265. The van der Waals surface area contributed by atoms with Crippen molar-refractivity contribution in [1.82, 2.24) is 0 Å². The molecule has 2 aliphatic heterocycles. The molecule has 2 fully saturated rings. The minimum atomic E-state index is -0.761. The van der Waals surface area contributed by atoms with Crippen LogP contribution in [0.4, 0.5) is 0 Å². The number of hydrogen-bond donors (Lipinski definition) is 1. The van der Waals surface area contributed by atoms with Gasteiger partial charge in [-0.3, -0.25) is 4.79 Å². The molecule has 0 radical (unpaired) electrons. The van der Waals surface area contributed by atoms with Gasteiger partial charge in [-0.25, -0.2) is 0 Å². The molecule has 1 aliphatic carbocycles. The van der Waals surface area contributed by atoms with E-state index in [1.54, 1.807) is 0 Å². The lowest BCUT2D eigenvalue weighted by atomic mass is 9.80. The molecule has 4 rings (SSSR count). The Labute approximate surface area is 93.0 Å². The van der Waals surface area contributed by atoms with Crippen LogP contribution in [0.25, 0.3) is 0 Å². The molecule has 0 aromatic heterocycles. The van der Waals surface area contributed by atoms with Crippen molar-refractivity contribution >= 4 is 5.97 Å². The van der Waals surface area contributed by atoms with Crippen molar-refractivity contribution in [2.45, 2.75) is 24.5 Å². The number of carboxylic acids is 1. The van der Waals surface area contributed by atoms with Gasteiger partial charge in [0.15, 0.2) is 0 Å². The summed E-state index contributed by atoms with van der Waals surface area (Å²) < 4.78 is 6.02. The molecule has 82 valence electrons. The monoisotopic (exact) mass is 216 g/mol. The van der Waals surface area contributed by atoms with Gasteiger partial charge in [-0.05, 0) is 29.4 Å². The van der Waals surface area contributed by atoms with Crippen molar-refractivity contribution < 1.29 is 14.6 Å². The molecular formula is C13H12O3. The number of carboxylic acid groups (broad SMARTS) is 1. The Hall–Kier alpha value is -1.35. The van der Waals surface area contributed by atoms with Gasteiger partial charge in [0.05, 0.1) is 12.5 Å². The van der Waals surface area contributed by atoms with Gasteiger partial charge in [0, 0.05) is 0 Å².